The molecule has 3 N–H and O–H groups in total. The zero-order chi connectivity index (χ0) is 23.1. The summed E-state index contributed by atoms with van der Waals surface area (Å²) in [6.45, 7) is 0.292. The Hall–Kier alpha value is -3.05. The minimum Gasteiger partial charge on any atom is -0.464 e. The third-order valence-corrected chi connectivity index (χ3v) is 5.92. The highest BCUT2D eigenvalue weighted by Gasteiger charge is 2.39. The van der Waals surface area contributed by atoms with Crippen LogP contribution >= 0.6 is 0 Å². The molecule has 2 heterocycles. The molecule has 3 amide bonds. The van der Waals surface area contributed by atoms with Gasteiger partial charge in [-0.3, -0.25) is 24.6 Å². The summed E-state index contributed by atoms with van der Waals surface area (Å²) in [5.41, 5.74) is 3.00. The number of carbonyl (C=O) groups excluding carboxylic acids is 4. The Kier molecular flexibility index (Phi) is 8.12. The first-order valence-corrected chi connectivity index (χ1v) is 10.8. The van der Waals surface area contributed by atoms with Gasteiger partial charge in [-0.1, -0.05) is 31.7 Å². The van der Waals surface area contributed by atoms with Gasteiger partial charge in [0.05, 0.1) is 19.6 Å². The van der Waals surface area contributed by atoms with Crippen molar-refractivity contribution in [1.29, 1.82) is 0 Å². The maximum atomic E-state index is 13.3. The number of pyridine rings is 1. The lowest BCUT2D eigenvalue weighted by molar-refractivity contribution is -0.159. The van der Waals surface area contributed by atoms with E-state index in [1.54, 1.807) is 6.07 Å². The average Bonchev–Trinajstić information content (AvgIpc) is 3.49. The molecular weight excluding hydrogens is 418 g/mol. The third kappa shape index (κ3) is 5.80. The number of ether oxygens (including phenoxy) is 1. The highest BCUT2D eigenvalue weighted by Crippen LogP contribution is 2.31. The van der Waals surface area contributed by atoms with Gasteiger partial charge < -0.3 is 10.1 Å². The molecule has 1 aliphatic carbocycles. The highest BCUT2D eigenvalue weighted by molar-refractivity contribution is 5.97. The predicted octanol–water partition coefficient (Wildman–Crippen LogP) is 0.956. The first kappa shape index (κ1) is 23.6. The number of hydrogen-bond acceptors (Lipinski definition) is 8. The van der Waals surface area contributed by atoms with Crippen LogP contribution in [0.1, 0.15) is 49.0 Å². The molecular formula is C21H29N5O6. The second-order valence-electron chi connectivity index (χ2n) is 8.12. The minimum atomic E-state index is -0.791. The van der Waals surface area contributed by atoms with Crippen molar-refractivity contribution in [3.05, 3.63) is 23.9 Å². The van der Waals surface area contributed by atoms with Gasteiger partial charge in [-0.25, -0.2) is 20.3 Å². The van der Waals surface area contributed by atoms with Gasteiger partial charge in [-0.05, 0) is 30.9 Å². The molecule has 1 saturated heterocycles. The van der Waals surface area contributed by atoms with Crippen molar-refractivity contribution in [2.45, 2.75) is 44.6 Å². The second kappa shape index (κ2) is 11.0. The summed E-state index contributed by atoms with van der Waals surface area (Å²) in [4.78, 5) is 52.9. The molecule has 32 heavy (non-hydrogen) atoms. The molecule has 1 aromatic heterocycles. The Morgan fingerprint density at radius 3 is 2.78 bits per heavy atom. The number of esters is 1. The van der Waals surface area contributed by atoms with Crippen LogP contribution in [-0.2, 0) is 19.1 Å². The van der Waals surface area contributed by atoms with Crippen LogP contribution < -0.4 is 10.7 Å². The lowest BCUT2D eigenvalue weighted by Gasteiger charge is -2.29. The van der Waals surface area contributed by atoms with Crippen molar-refractivity contribution in [3.63, 3.8) is 0 Å². The van der Waals surface area contributed by atoms with Gasteiger partial charge in [0.2, 0.25) is 18.2 Å². The normalized spacial score (nSPS) is 19.4. The van der Waals surface area contributed by atoms with Crippen LogP contribution in [0.4, 0.5) is 5.82 Å². The van der Waals surface area contributed by atoms with Crippen molar-refractivity contribution in [1.82, 2.24) is 20.5 Å². The van der Waals surface area contributed by atoms with E-state index in [1.165, 1.54) is 24.3 Å². The number of hydroxylamine groups is 2. The molecule has 1 aliphatic heterocycles. The number of methoxy groups -OCH3 is 1. The third-order valence-electron chi connectivity index (χ3n) is 5.92. The predicted molar refractivity (Wildman–Crippen MR) is 112 cm³/mol. The van der Waals surface area contributed by atoms with Gasteiger partial charge >= 0.3 is 5.97 Å². The number of carbonyl (C=O) groups is 4. The van der Waals surface area contributed by atoms with E-state index in [2.05, 4.69) is 20.5 Å². The van der Waals surface area contributed by atoms with Crippen molar-refractivity contribution in [2.24, 2.45) is 11.8 Å². The largest absolute Gasteiger partial charge is 0.464 e. The number of nitrogens with zero attached hydrogens (tertiary/aromatic N) is 3. The molecule has 2 aliphatic rings. The lowest BCUT2D eigenvalue weighted by atomic mass is 9.92. The van der Waals surface area contributed by atoms with Crippen LogP contribution in [0.15, 0.2) is 18.2 Å². The van der Waals surface area contributed by atoms with Crippen LogP contribution in [0.2, 0.25) is 0 Å². The number of hydrazine groups is 1. The first-order chi connectivity index (χ1) is 15.4. The summed E-state index contributed by atoms with van der Waals surface area (Å²) in [5, 5.41) is 14.1. The maximum Gasteiger partial charge on any atom is 0.356 e. The Labute approximate surface area is 186 Å². The quantitative estimate of drug-likeness (QED) is 0.220. The Balaban J connectivity index is 1.70. The first-order valence-electron chi connectivity index (χ1n) is 10.8. The van der Waals surface area contributed by atoms with E-state index in [4.69, 9.17) is 0 Å². The van der Waals surface area contributed by atoms with Crippen molar-refractivity contribution in [2.75, 3.05) is 25.5 Å². The number of anilines is 1. The van der Waals surface area contributed by atoms with Gasteiger partial charge in [-0.15, -0.1) is 0 Å². The summed E-state index contributed by atoms with van der Waals surface area (Å²) < 4.78 is 4.64. The topological polar surface area (TPSA) is 141 Å². The molecule has 2 unspecified atom stereocenters. The summed E-state index contributed by atoms with van der Waals surface area (Å²) in [5.74, 6) is -1.53. The standard InChI is InChI=1S/C21H29N5O6/c1-32-21(30)16-7-4-8-18(23-16)24-19(28)17-9-10-22-26(17)20(29)15(12-25(31)13-27)11-14-5-2-3-6-14/h4,7-8,13-15,17,22,31H,2-3,5-6,9-12H2,1H3,(H,23,24,28). The zero-order valence-electron chi connectivity index (χ0n) is 18.0. The average molecular weight is 447 g/mol. The van der Waals surface area contributed by atoms with Crippen LogP contribution in [0.5, 0.6) is 0 Å². The van der Waals surface area contributed by atoms with Crippen LogP contribution in [0.25, 0.3) is 0 Å². The fraction of sp³-hybridized carbons (Fsp3) is 0.571. The molecule has 0 aromatic carbocycles. The molecule has 1 aromatic rings. The van der Waals surface area contributed by atoms with Gasteiger partial charge in [-0.2, -0.15) is 0 Å². The monoisotopic (exact) mass is 447 g/mol. The van der Waals surface area contributed by atoms with Crippen molar-refractivity contribution < 1.29 is 29.1 Å². The van der Waals surface area contributed by atoms with E-state index in [1.807, 2.05) is 0 Å². The van der Waals surface area contributed by atoms with Gasteiger partial charge in [0.25, 0.3) is 0 Å². The lowest BCUT2D eigenvalue weighted by Crippen LogP contribution is -2.51. The Bertz CT molecular complexity index is 844. The number of rotatable bonds is 9. The van der Waals surface area contributed by atoms with Gasteiger partial charge in [0.1, 0.15) is 11.9 Å². The van der Waals surface area contributed by atoms with Crippen LogP contribution in [0, 0.1) is 11.8 Å². The van der Waals surface area contributed by atoms with E-state index in [-0.39, 0.29) is 30.4 Å². The highest BCUT2D eigenvalue weighted by atomic mass is 16.5. The molecule has 1 saturated carbocycles. The fourth-order valence-corrected chi connectivity index (χ4v) is 4.34. The maximum absolute atomic E-state index is 13.3. The summed E-state index contributed by atoms with van der Waals surface area (Å²) >= 11 is 0. The second-order valence-corrected chi connectivity index (χ2v) is 8.12. The zero-order valence-corrected chi connectivity index (χ0v) is 18.0. The smallest absolute Gasteiger partial charge is 0.356 e. The van der Waals surface area contributed by atoms with Gasteiger partial charge in [0, 0.05) is 6.54 Å². The number of amides is 3. The van der Waals surface area contributed by atoms with Crippen molar-refractivity contribution >= 4 is 30.0 Å². The molecule has 2 fully saturated rings. The SMILES string of the molecule is COC(=O)c1cccc(NC(=O)C2CCNN2C(=O)C(CC2CCCC2)CN(O)C=O)n1. The summed E-state index contributed by atoms with van der Waals surface area (Å²) in [7, 11) is 1.24. The Morgan fingerprint density at radius 2 is 2.09 bits per heavy atom. The minimum absolute atomic E-state index is 0.0521. The summed E-state index contributed by atoms with van der Waals surface area (Å²) in [6, 6.07) is 3.78. The van der Waals surface area contributed by atoms with Crippen molar-refractivity contribution in [3.8, 4) is 0 Å². The molecule has 0 bridgehead atoms. The molecule has 2 atom stereocenters. The fourth-order valence-electron chi connectivity index (χ4n) is 4.34. The number of nitrogens with one attached hydrogen (secondary N) is 2. The molecule has 11 nitrogen and oxygen atoms in total. The van der Waals surface area contributed by atoms with Crippen LogP contribution in [0.3, 0.4) is 0 Å². The molecule has 3 rings (SSSR count). The van der Waals surface area contributed by atoms with E-state index in [0.717, 1.165) is 25.7 Å². The molecule has 0 radical (unpaired) electrons. The van der Waals surface area contributed by atoms with E-state index in [0.29, 0.717) is 30.4 Å². The molecule has 0 spiro atoms. The summed E-state index contributed by atoms with van der Waals surface area (Å²) in [6.07, 6.45) is 5.43. The number of aromatic nitrogens is 1. The van der Waals surface area contributed by atoms with E-state index < -0.39 is 23.8 Å². The molecule has 11 heteroatoms. The van der Waals surface area contributed by atoms with E-state index in [9.17, 15) is 24.4 Å². The van der Waals surface area contributed by atoms with E-state index >= 15 is 0 Å². The van der Waals surface area contributed by atoms with Crippen LogP contribution in [-0.4, -0.2) is 70.7 Å². The number of hydrogen-bond donors (Lipinski definition) is 3. The Morgan fingerprint density at radius 1 is 1.34 bits per heavy atom. The van der Waals surface area contributed by atoms with Gasteiger partial charge in [0.15, 0.2) is 5.69 Å². The molecule has 174 valence electrons.